The highest BCUT2D eigenvalue weighted by atomic mass is 16.5. The number of hydrogen-bond acceptors (Lipinski definition) is 7. The molecule has 2 aliphatic heterocycles. The number of carbonyl (C=O) groups is 1. The highest BCUT2D eigenvalue weighted by Crippen LogP contribution is 2.26. The average molecular weight is 411 g/mol. The van der Waals surface area contributed by atoms with Crippen LogP contribution in [0.3, 0.4) is 0 Å². The van der Waals surface area contributed by atoms with E-state index in [2.05, 4.69) is 27.8 Å². The molecule has 1 aromatic carbocycles. The topological polar surface area (TPSA) is 91.9 Å². The second-order valence-corrected chi connectivity index (χ2v) is 8.27. The minimum absolute atomic E-state index is 0.206. The van der Waals surface area contributed by atoms with E-state index in [0.717, 1.165) is 50.4 Å². The Bertz CT molecular complexity index is 938. The zero-order chi connectivity index (χ0) is 21.3. The molecular weight excluding hydrogens is 380 g/mol. The van der Waals surface area contributed by atoms with Gasteiger partial charge in [0.1, 0.15) is 12.7 Å². The molecule has 7 heteroatoms. The lowest BCUT2D eigenvalue weighted by molar-refractivity contribution is 0.0535. The highest BCUT2D eigenvalue weighted by molar-refractivity contribution is 5.93. The number of hydrogen-bond donors (Lipinski definition) is 2. The minimum Gasteiger partial charge on any atom is -0.457 e. The fourth-order valence-electron chi connectivity index (χ4n) is 4.26. The van der Waals surface area contributed by atoms with Crippen molar-refractivity contribution in [3.05, 3.63) is 57.9 Å². The third kappa shape index (κ3) is 4.33. The van der Waals surface area contributed by atoms with E-state index in [-0.39, 0.29) is 5.97 Å². The van der Waals surface area contributed by atoms with Crippen molar-refractivity contribution >= 4 is 11.7 Å². The number of pyridine rings is 1. The van der Waals surface area contributed by atoms with Gasteiger partial charge in [0.15, 0.2) is 0 Å². The monoisotopic (exact) mass is 410 g/mol. The number of fused-ring (bicyclic) bond motifs is 1. The molecule has 3 N–H and O–H groups in total. The number of nitrogen functional groups attached to an aromatic ring is 1. The number of anilines is 1. The van der Waals surface area contributed by atoms with Crippen LogP contribution < -0.4 is 5.73 Å². The number of aromatic nitrogens is 1. The van der Waals surface area contributed by atoms with Gasteiger partial charge in [-0.2, -0.15) is 0 Å². The van der Waals surface area contributed by atoms with Crippen LogP contribution >= 0.6 is 0 Å². The Morgan fingerprint density at radius 3 is 2.60 bits per heavy atom. The standard InChI is InChI=1S/C23H30N4O3/c1-15-17(3-4-18-19(15)14-30-23(18)29)7-8-26-9-11-27(12-10-26)13-22(28)21-6-5-20(24)16(2)25-21/h3-6,22,28H,7-14,24H2,1-2H3. The van der Waals surface area contributed by atoms with Gasteiger partial charge in [0.2, 0.25) is 0 Å². The van der Waals surface area contributed by atoms with Crippen LogP contribution in [0.2, 0.25) is 0 Å². The third-order valence-electron chi connectivity index (χ3n) is 6.36. The van der Waals surface area contributed by atoms with Crippen LogP contribution in [-0.4, -0.2) is 65.1 Å². The molecule has 30 heavy (non-hydrogen) atoms. The van der Waals surface area contributed by atoms with E-state index in [1.54, 1.807) is 6.07 Å². The normalized spacial score (nSPS) is 18.3. The Morgan fingerprint density at radius 2 is 1.87 bits per heavy atom. The summed E-state index contributed by atoms with van der Waals surface area (Å²) in [7, 11) is 0. The van der Waals surface area contributed by atoms with Gasteiger partial charge in [-0.1, -0.05) is 6.07 Å². The van der Waals surface area contributed by atoms with Crippen molar-refractivity contribution in [2.45, 2.75) is 33.0 Å². The van der Waals surface area contributed by atoms with Gasteiger partial charge in [-0.15, -0.1) is 0 Å². The van der Waals surface area contributed by atoms with Crippen LogP contribution in [0.25, 0.3) is 0 Å². The average Bonchev–Trinajstić information content (AvgIpc) is 3.12. The molecule has 3 heterocycles. The van der Waals surface area contributed by atoms with E-state index in [4.69, 9.17) is 10.5 Å². The summed E-state index contributed by atoms with van der Waals surface area (Å²) < 4.78 is 5.16. The van der Waals surface area contributed by atoms with E-state index >= 15 is 0 Å². The molecule has 160 valence electrons. The summed E-state index contributed by atoms with van der Waals surface area (Å²) in [5.74, 6) is -0.206. The van der Waals surface area contributed by atoms with E-state index in [1.165, 1.54) is 11.1 Å². The number of nitrogens with two attached hydrogens (primary N) is 1. The Hall–Kier alpha value is -2.48. The van der Waals surface area contributed by atoms with Crippen molar-refractivity contribution < 1.29 is 14.6 Å². The Balaban J connectivity index is 1.26. The maximum atomic E-state index is 11.7. The van der Waals surface area contributed by atoms with Crippen molar-refractivity contribution in [3.63, 3.8) is 0 Å². The highest BCUT2D eigenvalue weighted by Gasteiger charge is 2.24. The molecule has 1 unspecified atom stereocenters. The fourth-order valence-corrected chi connectivity index (χ4v) is 4.26. The molecule has 1 atom stereocenters. The Kier molecular flexibility index (Phi) is 6.04. The van der Waals surface area contributed by atoms with E-state index in [0.29, 0.717) is 30.1 Å². The smallest absolute Gasteiger partial charge is 0.338 e. The molecule has 7 nitrogen and oxygen atoms in total. The van der Waals surface area contributed by atoms with Gasteiger partial charge in [0.25, 0.3) is 0 Å². The molecular formula is C23H30N4O3. The largest absolute Gasteiger partial charge is 0.457 e. The SMILES string of the molecule is Cc1nc(C(O)CN2CCN(CCc3ccc4c(c3C)COC4=O)CC2)ccc1N. The summed E-state index contributed by atoms with van der Waals surface area (Å²) in [5, 5.41) is 10.5. The van der Waals surface area contributed by atoms with Crippen molar-refractivity contribution in [1.29, 1.82) is 0 Å². The molecule has 0 spiro atoms. The van der Waals surface area contributed by atoms with Gasteiger partial charge in [-0.05, 0) is 49.6 Å². The molecule has 2 aromatic rings. The molecule has 1 aromatic heterocycles. The van der Waals surface area contributed by atoms with Gasteiger partial charge in [-0.3, -0.25) is 9.88 Å². The Morgan fingerprint density at radius 1 is 1.13 bits per heavy atom. The number of ether oxygens (including phenoxy) is 1. The minimum atomic E-state index is -0.602. The molecule has 1 fully saturated rings. The van der Waals surface area contributed by atoms with Crippen LogP contribution in [0.15, 0.2) is 24.3 Å². The number of rotatable bonds is 6. The molecule has 0 radical (unpaired) electrons. The van der Waals surface area contributed by atoms with Crippen LogP contribution in [0.1, 0.15) is 44.5 Å². The predicted octanol–water partition coefficient (Wildman–Crippen LogP) is 1.84. The summed E-state index contributed by atoms with van der Waals surface area (Å²) in [6.45, 7) is 9.73. The zero-order valence-corrected chi connectivity index (χ0v) is 17.7. The van der Waals surface area contributed by atoms with E-state index in [1.807, 2.05) is 19.1 Å². The van der Waals surface area contributed by atoms with Crippen molar-refractivity contribution in [1.82, 2.24) is 14.8 Å². The van der Waals surface area contributed by atoms with E-state index in [9.17, 15) is 9.90 Å². The van der Waals surface area contributed by atoms with Crippen LogP contribution in [0.4, 0.5) is 5.69 Å². The van der Waals surface area contributed by atoms with Gasteiger partial charge < -0.3 is 20.5 Å². The molecule has 0 amide bonds. The van der Waals surface area contributed by atoms with Crippen molar-refractivity contribution in [3.8, 4) is 0 Å². The molecule has 2 aliphatic rings. The number of benzene rings is 1. The number of aliphatic hydroxyl groups is 1. The number of aryl methyl sites for hydroxylation is 1. The lowest BCUT2D eigenvalue weighted by Gasteiger charge is -2.35. The molecule has 1 saturated heterocycles. The maximum absolute atomic E-state index is 11.7. The lowest BCUT2D eigenvalue weighted by Crippen LogP contribution is -2.48. The number of aliphatic hydroxyl groups excluding tert-OH is 1. The van der Waals surface area contributed by atoms with Gasteiger partial charge in [0.05, 0.1) is 22.6 Å². The van der Waals surface area contributed by atoms with Gasteiger partial charge in [-0.25, -0.2) is 4.79 Å². The fraction of sp³-hybridized carbons (Fsp3) is 0.478. The Labute approximate surface area is 177 Å². The number of cyclic esters (lactones) is 1. The van der Waals surface area contributed by atoms with Gasteiger partial charge >= 0.3 is 5.97 Å². The molecule has 0 saturated carbocycles. The molecule has 4 rings (SSSR count). The summed E-state index contributed by atoms with van der Waals surface area (Å²) in [6, 6.07) is 7.58. The third-order valence-corrected chi connectivity index (χ3v) is 6.36. The van der Waals surface area contributed by atoms with E-state index < -0.39 is 6.10 Å². The first kappa shape index (κ1) is 20.8. The summed E-state index contributed by atoms with van der Waals surface area (Å²) >= 11 is 0. The summed E-state index contributed by atoms with van der Waals surface area (Å²) in [4.78, 5) is 20.9. The maximum Gasteiger partial charge on any atom is 0.338 e. The second-order valence-electron chi connectivity index (χ2n) is 8.27. The number of nitrogens with zero attached hydrogens (tertiary/aromatic N) is 3. The van der Waals surface area contributed by atoms with Crippen molar-refractivity contribution in [2.75, 3.05) is 45.0 Å². The second kappa shape index (κ2) is 8.71. The first-order valence-corrected chi connectivity index (χ1v) is 10.6. The molecule has 0 aliphatic carbocycles. The van der Waals surface area contributed by atoms with Crippen LogP contribution in [0, 0.1) is 13.8 Å². The predicted molar refractivity (Wildman–Crippen MR) is 115 cm³/mol. The van der Waals surface area contributed by atoms with Gasteiger partial charge in [0, 0.05) is 44.8 Å². The summed E-state index contributed by atoms with van der Waals surface area (Å²) in [6.07, 6.45) is 0.361. The van der Waals surface area contributed by atoms with Crippen LogP contribution in [-0.2, 0) is 17.8 Å². The number of β-amino-alcohol motifs (C(OH)–C–C–N with tert-alkyl or cyclic N) is 1. The number of carbonyl (C=O) groups excluding carboxylic acids is 1. The first-order chi connectivity index (χ1) is 14.4. The van der Waals surface area contributed by atoms with Crippen molar-refractivity contribution in [2.24, 2.45) is 0 Å². The quantitative estimate of drug-likeness (QED) is 0.702. The first-order valence-electron chi connectivity index (χ1n) is 10.6. The molecule has 0 bridgehead atoms. The number of piperazine rings is 1. The lowest BCUT2D eigenvalue weighted by atomic mass is 9.96. The number of esters is 1. The summed E-state index contributed by atoms with van der Waals surface area (Å²) in [5.41, 5.74) is 12.1. The van der Waals surface area contributed by atoms with Crippen LogP contribution in [0.5, 0.6) is 0 Å². The zero-order valence-electron chi connectivity index (χ0n) is 17.7.